The van der Waals surface area contributed by atoms with Gasteiger partial charge in [0.2, 0.25) is 0 Å². The first kappa shape index (κ1) is 70.5. The fraction of sp³-hybridized carbons (Fsp3) is 0.903. The van der Waals surface area contributed by atoms with Crippen LogP contribution in [0.25, 0.3) is 0 Å². The zero-order valence-electron chi connectivity index (χ0n) is 48.4. The molecule has 0 amide bonds. The Morgan fingerprint density at radius 2 is 0.764 bits per heavy atom. The third kappa shape index (κ3) is 57.8. The Hall–Kier alpha value is -1.51. The van der Waals surface area contributed by atoms with Gasteiger partial charge >= 0.3 is 11.9 Å². The maximum Gasteiger partial charge on any atom is 0.306 e. The van der Waals surface area contributed by atoms with Crippen LogP contribution in [-0.4, -0.2) is 70.0 Å². The number of esters is 2. The summed E-state index contributed by atoms with van der Waals surface area (Å²) in [7, 11) is 1.17. The molecule has 9 nitrogen and oxygen atoms in total. The van der Waals surface area contributed by atoms with Gasteiger partial charge in [-0.15, -0.1) is 0 Å². The first-order valence-corrected chi connectivity index (χ1v) is 32.5. The van der Waals surface area contributed by atoms with Gasteiger partial charge < -0.3 is 27.9 Å². The van der Waals surface area contributed by atoms with Crippen molar-refractivity contribution in [1.29, 1.82) is 0 Å². The third-order valence-electron chi connectivity index (χ3n) is 14.0. The van der Waals surface area contributed by atoms with E-state index in [1.807, 2.05) is 21.1 Å². The molecule has 0 spiro atoms. The first-order valence-electron chi connectivity index (χ1n) is 31.0. The Labute approximate surface area is 447 Å². The van der Waals surface area contributed by atoms with Crippen molar-refractivity contribution in [3.8, 4) is 0 Å². The Kier molecular flexibility index (Phi) is 53.1. The third-order valence-corrected chi connectivity index (χ3v) is 14.9. The summed E-state index contributed by atoms with van der Waals surface area (Å²) >= 11 is 0. The van der Waals surface area contributed by atoms with Crippen molar-refractivity contribution in [2.75, 3.05) is 47.5 Å². The Balaban J connectivity index is 3.91. The highest BCUT2D eigenvalue weighted by molar-refractivity contribution is 7.45. The minimum atomic E-state index is -4.63. The van der Waals surface area contributed by atoms with Gasteiger partial charge in [-0.2, -0.15) is 0 Å². The van der Waals surface area contributed by atoms with Crippen molar-refractivity contribution in [3.63, 3.8) is 0 Å². The van der Waals surface area contributed by atoms with E-state index in [4.69, 9.17) is 18.5 Å². The molecule has 0 aliphatic heterocycles. The number of hydrogen-bond acceptors (Lipinski definition) is 8. The lowest BCUT2D eigenvalue weighted by Gasteiger charge is -2.28. The predicted octanol–water partition coefficient (Wildman–Crippen LogP) is 18.7. The quantitative estimate of drug-likeness (QED) is 0.0195. The number of carbonyl (C=O) groups is 2. The molecule has 0 saturated heterocycles. The Morgan fingerprint density at radius 3 is 1.14 bits per heavy atom. The predicted molar refractivity (Wildman–Crippen MR) is 305 cm³/mol. The molecule has 72 heavy (non-hydrogen) atoms. The fourth-order valence-corrected chi connectivity index (χ4v) is 9.88. The van der Waals surface area contributed by atoms with Gasteiger partial charge in [0.25, 0.3) is 7.82 Å². The highest BCUT2D eigenvalue weighted by Gasteiger charge is 2.22. The number of ether oxygens (including phenoxy) is 2. The number of nitrogens with zero attached hydrogens (tertiary/aromatic N) is 1. The van der Waals surface area contributed by atoms with Gasteiger partial charge in [-0.25, -0.2) is 0 Å². The van der Waals surface area contributed by atoms with Crippen LogP contribution < -0.4 is 4.89 Å². The second kappa shape index (κ2) is 54.3. The maximum absolute atomic E-state index is 12.7. The second-order valence-electron chi connectivity index (χ2n) is 22.4. The van der Waals surface area contributed by atoms with E-state index in [-0.39, 0.29) is 32.0 Å². The summed E-state index contributed by atoms with van der Waals surface area (Å²) in [5.74, 6) is -0.836. The second-order valence-corrected chi connectivity index (χ2v) is 23.8. The van der Waals surface area contributed by atoms with Gasteiger partial charge in [0.1, 0.15) is 19.8 Å². The van der Waals surface area contributed by atoms with Crippen molar-refractivity contribution in [2.24, 2.45) is 0 Å². The molecule has 0 N–H and O–H groups in total. The lowest BCUT2D eigenvalue weighted by atomic mass is 10.0. The Morgan fingerprint density at radius 1 is 0.431 bits per heavy atom. The molecule has 2 atom stereocenters. The van der Waals surface area contributed by atoms with Crippen LogP contribution in [0.2, 0.25) is 0 Å². The van der Waals surface area contributed by atoms with Gasteiger partial charge in [-0.3, -0.25) is 14.2 Å². The molecular weight excluding hydrogens is 918 g/mol. The molecule has 0 aromatic heterocycles. The molecular formula is C62H120NO8P. The van der Waals surface area contributed by atoms with Crippen LogP contribution in [0.15, 0.2) is 24.3 Å². The highest BCUT2D eigenvalue weighted by atomic mass is 31.2. The smallest absolute Gasteiger partial charge is 0.306 e. The standard InChI is InChI=1S/C62H120NO8P/c1-6-8-10-12-14-16-18-20-22-23-24-25-26-27-28-29-30-31-32-33-34-35-36-37-38-39-40-41-43-44-46-48-50-52-54-61(64)68-58-60(59-70-72(66,67)69-57-56-63(3,4)5)71-62(65)55-53-51-49-47-45-42-21-19-17-15-13-11-9-7-2/h13,15,19,21,60H,6-12,14,16-18,20,22-59H2,1-5H3/b15-13-,21-19-. The van der Waals surface area contributed by atoms with E-state index in [1.54, 1.807) is 0 Å². The molecule has 0 saturated carbocycles. The molecule has 0 aliphatic carbocycles. The summed E-state index contributed by atoms with van der Waals surface area (Å²) in [6.45, 7) is 4.22. The summed E-state index contributed by atoms with van der Waals surface area (Å²) in [4.78, 5) is 37.8. The van der Waals surface area contributed by atoms with E-state index in [0.29, 0.717) is 17.4 Å². The van der Waals surface area contributed by atoms with Crippen molar-refractivity contribution < 1.29 is 42.1 Å². The SMILES string of the molecule is CCCC/C=C\C/C=C\CCCCCCCC(=O)OC(COC(=O)CCCCCCCCCCCCCCCCCCCCCCCCCCCCCCCCCCCC)COP(=O)([O-])OCC[N+](C)(C)C. The summed E-state index contributed by atoms with van der Waals surface area (Å²) in [5, 5.41) is 0. The van der Waals surface area contributed by atoms with Gasteiger partial charge in [0, 0.05) is 12.8 Å². The summed E-state index contributed by atoms with van der Waals surface area (Å²) in [6, 6.07) is 0. The van der Waals surface area contributed by atoms with Crippen molar-refractivity contribution in [2.45, 2.75) is 315 Å². The van der Waals surface area contributed by atoms with Crippen LogP contribution in [0, 0.1) is 0 Å². The molecule has 0 rings (SSSR count). The summed E-state index contributed by atoms with van der Waals surface area (Å²) < 4.78 is 34.1. The van der Waals surface area contributed by atoms with Crippen molar-refractivity contribution >= 4 is 19.8 Å². The molecule has 0 heterocycles. The molecule has 10 heteroatoms. The van der Waals surface area contributed by atoms with Crippen molar-refractivity contribution in [1.82, 2.24) is 0 Å². The molecule has 0 radical (unpaired) electrons. The van der Waals surface area contributed by atoms with E-state index in [0.717, 1.165) is 64.2 Å². The van der Waals surface area contributed by atoms with Crippen LogP contribution in [0.3, 0.4) is 0 Å². The normalized spacial score (nSPS) is 13.4. The van der Waals surface area contributed by atoms with E-state index < -0.39 is 26.5 Å². The largest absolute Gasteiger partial charge is 0.756 e. The van der Waals surface area contributed by atoms with Gasteiger partial charge in [0.05, 0.1) is 27.7 Å². The maximum atomic E-state index is 12.7. The number of allylic oxidation sites excluding steroid dienone is 4. The van der Waals surface area contributed by atoms with Gasteiger partial charge in [-0.05, 0) is 38.5 Å². The van der Waals surface area contributed by atoms with Crippen molar-refractivity contribution in [3.05, 3.63) is 24.3 Å². The molecule has 426 valence electrons. The monoisotopic (exact) mass is 1040 g/mol. The molecule has 0 aromatic carbocycles. The van der Waals surface area contributed by atoms with Gasteiger partial charge in [0.15, 0.2) is 6.10 Å². The zero-order chi connectivity index (χ0) is 52.7. The number of likely N-dealkylation sites (N-methyl/N-ethyl adjacent to an activating group) is 1. The number of rotatable bonds is 58. The summed E-state index contributed by atoms with van der Waals surface area (Å²) in [6.07, 6.45) is 65.5. The first-order chi connectivity index (χ1) is 35.0. The fourth-order valence-electron chi connectivity index (χ4n) is 9.15. The van der Waals surface area contributed by atoms with E-state index in [2.05, 4.69) is 38.2 Å². The number of quaternary nitrogens is 1. The average Bonchev–Trinajstić information content (AvgIpc) is 3.34. The summed E-state index contributed by atoms with van der Waals surface area (Å²) in [5.41, 5.74) is 0. The highest BCUT2D eigenvalue weighted by Crippen LogP contribution is 2.38. The molecule has 2 unspecified atom stereocenters. The number of unbranched alkanes of at least 4 members (excludes halogenated alkanes) is 40. The molecule has 0 bridgehead atoms. The average molecular weight is 1040 g/mol. The number of phosphoric acid groups is 1. The van der Waals surface area contributed by atoms with Crippen LogP contribution in [0.4, 0.5) is 0 Å². The Bertz CT molecular complexity index is 1270. The lowest BCUT2D eigenvalue weighted by Crippen LogP contribution is -2.37. The van der Waals surface area contributed by atoms with Crippen LogP contribution in [0.5, 0.6) is 0 Å². The van der Waals surface area contributed by atoms with Crippen LogP contribution in [0.1, 0.15) is 309 Å². The number of phosphoric ester groups is 1. The molecule has 0 fully saturated rings. The molecule has 0 aliphatic rings. The van der Waals surface area contributed by atoms with Crippen LogP contribution in [-0.2, 0) is 32.7 Å². The molecule has 0 aromatic rings. The van der Waals surface area contributed by atoms with Gasteiger partial charge in [-0.1, -0.05) is 282 Å². The topological polar surface area (TPSA) is 111 Å². The minimum absolute atomic E-state index is 0.0315. The van der Waals surface area contributed by atoms with E-state index in [1.165, 1.54) is 212 Å². The van der Waals surface area contributed by atoms with Crippen LogP contribution >= 0.6 is 7.82 Å². The minimum Gasteiger partial charge on any atom is -0.756 e. The number of carbonyl (C=O) groups excluding carboxylic acids is 2. The van der Waals surface area contributed by atoms with E-state index >= 15 is 0 Å². The zero-order valence-corrected chi connectivity index (χ0v) is 49.3. The number of hydrogen-bond donors (Lipinski definition) is 0. The van der Waals surface area contributed by atoms with E-state index in [9.17, 15) is 19.0 Å². The lowest BCUT2D eigenvalue weighted by molar-refractivity contribution is -0.870.